The van der Waals surface area contributed by atoms with Gasteiger partial charge >= 0.3 is 6.18 Å². The predicted octanol–water partition coefficient (Wildman–Crippen LogP) is 7.28. The Hall–Kier alpha value is -3.42. The monoisotopic (exact) mass is 547 g/mol. The summed E-state index contributed by atoms with van der Waals surface area (Å²) < 4.78 is 38.8. The predicted molar refractivity (Wildman–Crippen MR) is 153 cm³/mol. The van der Waals surface area contributed by atoms with Crippen molar-refractivity contribution in [1.82, 2.24) is 9.80 Å². The summed E-state index contributed by atoms with van der Waals surface area (Å²) in [6, 6.07) is 23.5. The molecular weight excluding hydrogens is 511 g/mol. The SMILES string of the molecule is NC(c1ccc(-c2ccccc2)cc1)N(C(=O)/C=C/c1ccc(C(F)(F)F)cc1)C1CCN(C2CCCC2)CC1. The summed E-state index contributed by atoms with van der Waals surface area (Å²) in [7, 11) is 0. The van der Waals surface area contributed by atoms with Crippen LogP contribution in [0.4, 0.5) is 13.2 Å². The lowest BCUT2D eigenvalue weighted by atomic mass is 9.98. The molecule has 3 aromatic rings. The second-order valence-corrected chi connectivity index (χ2v) is 10.8. The number of hydrogen-bond donors (Lipinski definition) is 1. The quantitative estimate of drug-likeness (QED) is 0.250. The van der Waals surface area contributed by atoms with Crippen molar-refractivity contribution in [3.8, 4) is 11.1 Å². The molecular formula is C33H36F3N3O. The number of carbonyl (C=O) groups is 1. The minimum absolute atomic E-state index is 0.0220. The number of carbonyl (C=O) groups excluding carboxylic acids is 1. The maximum absolute atomic E-state index is 13.6. The van der Waals surface area contributed by atoms with Crippen LogP contribution >= 0.6 is 0 Å². The molecule has 2 fully saturated rings. The lowest BCUT2D eigenvalue weighted by molar-refractivity contribution is -0.137. The van der Waals surface area contributed by atoms with Crippen LogP contribution in [0.1, 0.15) is 61.4 Å². The molecule has 1 heterocycles. The minimum atomic E-state index is -4.40. The first-order valence-corrected chi connectivity index (χ1v) is 14.1. The molecule has 40 heavy (non-hydrogen) atoms. The number of alkyl halides is 3. The van der Waals surface area contributed by atoms with E-state index in [9.17, 15) is 18.0 Å². The zero-order valence-corrected chi connectivity index (χ0v) is 22.6. The number of rotatable bonds is 7. The van der Waals surface area contributed by atoms with Crippen LogP contribution in [0.25, 0.3) is 17.2 Å². The van der Waals surface area contributed by atoms with E-state index in [1.165, 1.54) is 43.9 Å². The lowest BCUT2D eigenvalue weighted by Gasteiger charge is -2.42. The van der Waals surface area contributed by atoms with Crippen molar-refractivity contribution in [2.24, 2.45) is 5.73 Å². The number of hydrogen-bond acceptors (Lipinski definition) is 3. The molecule has 1 saturated carbocycles. The fourth-order valence-corrected chi connectivity index (χ4v) is 6.04. The highest BCUT2D eigenvalue weighted by Gasteiger charge is 2.34. The largest absolute Gasteiger partial charge is 0.416 e. The fourth-order valence-electron chi connectivity index (χ4n) is 6.04. The second-order valence-electron chi connectivity index (χ2n) is 10.8. The number of nitrogens with zero attached hydrogens (tertiary/aromatic N) is 2. The van der Waals surface area contributed by atoms with E-state index in [-0.39, 0.29) is 11.9 Å². The maximum atomic E-state index is 13.6. The van der Waals surface area contributed by atoms with Crippen LogP contribution in [-0.2, 0) is 11.0 Å². The molecule has 1 atom stereocenters. The molecule has 2 N–H and O–H groups in total. The van der Waals surface area contributed by atoms with E-state index in [2.05, 4.69) is 17.0 Å². The summed E-state index contributed by atoms with van der Waals surface area (Å²) >= 11 is 0. The van der Waals surface area contributed by atoms with Crippen LogP contribution in [0.15, 0.2) is 84.9 Å². The highest BCUT2D eigenvalue weighted by Crippen LogP contribution is 2.32. The zero-order valence-electron chi connectivity index (χ0n) is 22.6. The van der Waals surface area contributed by atoms with E-state index >= 15 is 0 Å². The van der Waals surface area contributed by atoms with E-state index in [1.807, 2.05) is 42.5 Å². The zero-order chi connectivity index (χ0) is 28.1. The summed E-state index contributed by atoms with van der Waals surface area (Å²) in [4.78, 5) is 18.0. The Morgan fingerprint density at radius 3 is 2.05 bits per heavy atom. The van der Waals surface area contributed by atoms with Gasteiger partial charge in [0.05, 0.1) is 5.56 Å². The Labute approximate surface area is 234 Å². The van der Waals surface area contributed by atoms with Gasteiger partial charge in [0, 0.05) is 31.2 Å². The van der Waals surface area contributed by atoms with Gasteiger partial charge in [-0.25, -0.2) is 0 Å². The van der Waals surface area contributed by atoms with Gasteiger partial charge in [-0.05, 0) is 66.1 Å². The lowest BCUT2D eigenvalue weighted by Crippen LogP contribution is -2.51. The Morgan fingerprint density at radius 1 is 0.850 bits per heavy atom. The molecule has 3 aromatic carbocycles. The second kappa shape index (κ2) is 12.4. The molecule has 1 amide bonds. The first-order valence-electron chi connectivity index (χ1n) is 14.1. The molecule has 7 heteroatoms. The van der Waals surface area contributed by atoms with Crippen molar-refractivity contribution in [3.63, 3.8) is 0 Å². The maximum Gasteiger partial charge on any atom is 0.416 e. The highest BCUT2D eigenvalue weighted by molar-refractivity contribution is 5.92. The van der Waals surface area contributed by atoms with E-state index in [4.69, 9.17) is 5.73 Å². The average molecular weight is 548 g/mol. The summed E-state index contributed by atoms with van der Waals surface area (Å²) in [5, 5.41) is 0. The van der Waals surface area contributed by atoms with Gasteiger partial charge in [0.2, 0.25) is 5.91 Å². The normalized spacial score (nSPS) is 18.3. The van der Waals surface area contributed by atoms with Crippen LogP contribution in [0.5, 0.6) is 0 Å². The van der Waals surface area contributed by atoms with Crippen molar-refractivity contribution in [2.45, 2.75) is 63.0 Å². The van der Waals surface area contributed by atoms with Crippen molar-refractivity contribution >= 4 is 12.0 Å². The number of amides is 1. The summed E-state index contributed by atoms with van der Waals surface area (Å²) in [6.07, 6.45) is 4.70. The fraction of sp³-hybridized carbons (Fsp3) is 0.364. The smallest absolute Gasteiger partial charge is 0.317 e. The van der Waals surface area contributed by atoms with Gasteiger partial charge in [0.15, 0.2) is 0 Å². The van der Waals surface area contributed by atoms with Gasteiger partial charge < -0.3 is 15.5 Å². The summed E-state index contributed by atoms with van der Waals surface area (Å²) in [6.45, 7) is 1.86. The molecule has 5 rings (SSSR count). The molecule has 1 saturated heterocycles. The molecule has 0 bridgehead atoms. The number of nitrogens with two attached hydrogens (primary N) is 1. The van der Waals surface area contributed by atoms with E-state index in [0.29, 0.717) is 11.6 Å². The van der Waals surface area contributed by atoms with Crippen LogP contribution in [0, 0.1) is 0 Å². The van der Waals surface area contributed by atoms with Gasteiger partial charge in [0.25, 0.3) is 0 Å². The van der Waals surface area contributed by atoms with Crippen LogP contribution in [0.2, 0.25) is 0 Å². The van der Waals surface area contributed by atoms with Crippen molar-refractivity contribution in [2.75, 3.05) is 13.1 Å². The molecule has 0 aromatic heterocycles. The third-order valence-electron chi connectivity index (χ3n) is 8.30. The minimum Gasteiger partial charge on any atom is -0.317 e. The van der Waals surface area contributed by atoms with Crippen LogP contribution in [-0.4, -0.2) is 40.9 Å². The standard InChI is InChI=1S/C33H36F3N3O/c34-33(35,36)28-17-10-24(11-18-28)12-19-31(40)39(30-20-22-38(23-21-30)29-8-4-5-9-29)32(37)27-15-13-26(14-16-27)25-6-2-1-3-7-25/h1-3,6-7,10-19,29-30,32H,4-5,8-9,20-23,37H2/b19-12+. The summed E-state index contributed by atoms with van der Waals surface area (Å²) in [5.74, 6) is -0.237. The number of piperidine rings is 1. The van der Waals surface area contributed by atoms with Crippen molar-refractivity contribution < 1.29 is 18.0 Å². The molecule has 0 spiro atoms. The Morgan fingerprint density at radius 2 is 1.45 bits per heavy atom. The molecule has 1 aliphatic carbocycles. The third-order valence-corrected chi connectivity index (χ3v) is 8.30. The van der Waals surface area contributed by atoms with Crippen LogP contribution in [0.3, 0.4) is 0 Å². The number of benzene rings is 3. The molecule has 1 unspecified atom stereocenters. The van der Waals surface area contributed by atoms with E-state index in [0.717, 1.165) is 54.8 Å². The van der Waals surface area contributed by atoms with Crippen LogP contribution < -0.4 is 5.73 Å². The summed E-state index contributed by atoms with van der Waals surface area (Å²) in [5.41, 5.74) is 9.62. The molecule has 1 aliphatic heterocycles. The van der Waals surface area contributed by atoms with Gasteiger partial charge in [-0.15, -0.1) is 0 Å². The Kier molecular flexibility index (Phi) is 8.72. The van der Waals surface area contributed by atoms with E-state index in [1.54, 1.807) is 11.0 Å². The Bertz CT molecular complexity index is 1280. The molecule has 210 valence electrons. The first-order chi connectivity index (χ1) is 19.3. The average Bonchev–Trinajstić information content (AvgIpc) is 3.52. The molecule has 4 nitrogen and oxygen atoms in total. The van der Waals surface area contributed by atoms with E-state index < -0.39 is 17.9 Å². The third kappa shape index (κ3) is 6.65. The van der Waals surface area contributed by atoms with Gasteiger partial charge in [-0.1, -0.05) is 79.6 Å². The number of halogens is 3. The van der Waals surface area contributed by atoms with Gasteiger partial charge in [-0.2, -0.15) is 13.2 Å². The number of likely N-dealkylation sites (tertiary alicyclic amines) is 1. The van der Waals surface area contributed by atoms with Gasteiger partial charge in [-0.3, -0.25) is 4.79 Å². The van der Waals surface area contributed by atoms with Crippen molar-refractivity contribution in [3.05, 3.63) is 102 Å². The van der Waals surface area contributed by atoms with Gasteiger partial charge in [0.1, 0.15) is 6.17 Å². The first kappa shape index (κ1) is 28.1. The topological polar surface area (TPSA) is 49.6 Å². The highest BCUT2D eigenvalue weighted by atomic mass is 19.4. The molecule has 0 radical (unpaired) electrons. The van der Waals surface area contributed by atoms with Crippen molar-refractivity contribution in [1.29, 1.82) is 0 Å². The Balaban J connectivity index is 1.35. The molecule has 2 aliphatic rings.